The summed E-state index contributed by atoms with van der Waals surface area (Å²) < 4.78 is 9.66. The van der Waals surface area contributed by atoms with E-state index in [-0.39, 0.29) is 24.5 Å². The number of carbonyl (C=O) groups excluding carboxylic acids is 2. The number of ether oxygens (including phenoxy) is 2. The van der Waals surface area contributed by atoms with Crippen molar-refractivity contribution in [1.82, 2.24) is 5.32 Å². The van der Waals surface area contributed by atoms with Crippen LogP contribution < -0.4 is 15.4 Å². The molecular formula is C14H20N2O4. The van der Waals surface area contributed by atoms with Gasteiger partial charge >= 0.3 is 12.0 Å². The molecule has 6 nitrogen and oxygen atoms in total. The number of nitrogens with one attached hydrogen (secondary N) is 2. The van der Waals surface area contributed by atoms with Gasteiger partial charge in [0.15, 0.2) is 0 Å². The quantitative estimate of drug-likeness (QED) is 0.783. The van der Waals surface area contributed by atoms with Gasteiger partial charge in [0.1, 0.15) is 5.75 Å². The van der Waals surface area contributed by atoms with Crippen molar-refractivity contribution in [2.75, 3.05) is 19.5 Å². The third-order valence-corrected chi connectivity index (χ3v) is 2.80. The van der Waals surface area contributed by atoms with Crippen LogP contribution in [0.3, 0.4) is 0 Å². The average molecular weight is 280 g/mol. The fraction of sp³-hybridized carbons (Fsp3) is 0.429. The van der Waals surface area contributed by atoms with Crippen molar-refractivity contribution < 1.29 is 19.1 Å². The Bertz CT molecular complexity index is 462. The molecular weight excluding hydrogens is 260 g/mol. The van der Waals surface area contributed by atoms with Gasteiger partial charge in [-0.25, -0.2) is 4.79 Å². The van der Waals surface area contributed by atoms with E-state index in [1.54, 1.807) is 31.4 Å². The lowest BCUT2D eigenvalue weighted by Crippen LogP contribution is -2.39. The highest BCUT2D eigenvalue weighted by atomic mass is 16.5. The van der Waals surface area contributed by atoms with Crippen molar-refractivity contribution in [3.8, 4) is 5.75 Å². The first-order valence-corrected chi connectivity index (χ1v) is 6.37. The first-order valence-electron chi connectivity index (χ1n) is 6.37. The molecule has 1 rings (SSSR count). The monoisotopic (exact) mass is 280 g/mol. The summed E-state index contributed by atoms with van der Waals surface area (Å²) in [5, 5.41) is 5.42. The second-order valence-electron chi connectivity index (χ2n) is 4.22. The molecule has 6 heteroatoms. The maximum absolute atomic E-state index is 11.8. The molecule has 1 unspecified atom stereocenters. The molecule has 1 aromatic carbocycles. The fourth-order valence-electron chi connectivity index (χ4n) is 1.64. The predicted molar refractivity (Wildman–Crippen MR) is 75.9 cm³/mol. The van der Waals surface area contributed by atoms with Crippen LogP contribution in [0.5, 0.6) is 5.75 Å². The number of urea groups is 1. The molecule has 0 spiro atoms. The van der Waals surface area contributed by atoms with Crippen molar-refractivity contribution >= 4 is 17.7 Å². The summed E-state index contributed by atoms with van der Waals surface area (Å²) in [6, 6.07) is 6.40. The fourth-order valence-corrected chi connectivity index (χ4v) is 1.64. The van der Waals surface area contributed by atoms with Crippen LogP contribution in [0.4, 0.5) is 10.5 Å². The van der Waals surface area contributed by atoms with E-state index in [2.05, 4.69) is 15.4 Å². The van der Waals surface area contributed by atoms with E-state index in [1.807, 2.05) is 6.92 Å². The minimum atomic E-state index is -0.367. The van der Waals surface area contributed by atoms with Crippen LogP contribution >= 0.6 is 0 Å². The second-order valence-corrected chi connectivity index (χ2v) is 4.22. The number of amides is 2. The van der Waals surface area contributed by atoms with Gasteiger partial charge in [-0.2, -0.15) is 0 Å². The zero-order chi connectivity index (χ0) is 15.0. The molecule has 2 N–H and O–H groups in total. The number of hydrogen-bond acceptors (Lipinski definition) is 4. The number of benzene rings is 1. The van der Waals surface area contributed by atoms with Crippen molar-refractivity contribution in [3.63, 3.8) is 0 Å². The molecule has 0 aliphatic carbocycles. The second kappa shape index (κ2) is 8.04. The minimum absolute atomic E-state index is 0.151. The molecule has 1 atom stereocenters. The maximum atomic E-state index is 11.8. The topological polar surface area (TPSA) is 76.7 Å². The van der Waals surface area contributed by atoms with Gasteiger partial charge in [0.2, 0.25) is 0 Å². The molecule has 0 bridgehead atoms. The average Bonchev–Trinajstić information content (AvgIpc) is 2.46. The highest BCUT2D eigenvalue weighted by Crippen LogP contribution is 2.16. The van der Waals surface area contributed by atoms with Crippen LogP contribution in [0.15, 0.2) is 24.3 Å². The summed E-state index contributed by atoms with van der Waals surface area (Å²) in [5.74, 6) is 0.308. The number of hydrogen-bond donors (Lipinski definition) is 2. The van der Waals surface area contributed by atoms with Gasteiger partial charge in [-0.05, 0) is 18.6 Å². The third kappa shape index (κ3) is 5.17. The highest BCUT2D eigenvalue weighted by Gasteiger charge is 2.15. The van der Waals surface area contributed by atoms with Crippen LogP contribution in [0, 0.1) is 0 Å². The Hall–Kier alpha value is -2.24. The van der Waals surface area contributed by atoms with E-state index in [4.69, 9.17) is 4.74 Å². The molecule has 0 radical (unpaired) electrons. The number of methoxy groups -OCH3 is 2. The van der Waals surface area contributed by atoms with Crippen LogP contribution in [0.2, 0.25) is 0 Å². The first kappa shape index (κ1) is 15.8. The largest absolute Gasteiger partial charge is 0.497 e. The van der Waals surface area contributed by atoms with E-state index in [1.165, 1.54) is 7.11 Å². The summed E-state index contributed by atoms with van der Waals surface area (Å²) in [6.45, 7) is 1.89. The van der Waals surface area contributed by atoms with E-state index in [0.717, 1.165) is 0 Å². The Balaban J connectivity index is 2.54. The summed E-state index contributed by atoms with van der Waals surface area (Å²) in [4.78, 5) is 23.0. The molecule has 0 aromatic heterocycles. The number of carbonyl (C=O) groups is 2. The first-order chi connectivity index (χ1) is 9.58. The van der Waals surface area contributed by atoms with Crippen LogP contribution in [0.25, 0.3) is 0 Å². The van der Waals surface area contributed by atoms with Crippen LogP contribution in [0.1, 0.15) is 19.8 Å². The van der Waals surface area contributed by atoms with Crippen molar-refractivity contribution in [2.45, 2.75) is 25.8 Å². The smallest absolute Gasteiger partial charge is 0.319 e. The zero-order valence-electron chi connectivity index (χ0n) is 11.9. The molecule has 0 aliphatic rings. The van der Waals surface area contributed by atoms with Gasteiger partial charge in [-0.3, -0.25) is 4.79 Å². The molecule has 0 saturated carbocycles. The van der Waals surface area contributed by atoms with Gasteiger partial charge in [0.25, 0.3) is 0 Å². The number of anilines is 1. The van der Waals surface area contributed by atoms with Gasteiger partial charge in [-0.1, -0.05) is 13.0 Å². The lowest BCUT2D eigenvalue weighted by molar-refractivity contribution is -0.141. The number of esters is 1. The maximum Gasteiger partial charge on any atom is 0.319 e. The predicted octanol–water partition coefficient (Wildman–Crippen LogP) is 2.16. The summed E-state index contributed by atoms with van der Waals surface area (Å²) in [6.07, 6.45) is 0.791. The SMILES string of the molecule is CCC(CC(=O)OC)NC(=O)Nc1cccc(OC)c1. The lowest BCUT2D eigenvalue weighted by atomic mass is 10.1. The van der Waals surface area contributed by atoms with Crippen molar-refractivity contribution in [2.24, 2.45) is 0 Å². The zero-order valence-corrected chi connectivity index (χ0v) is 11.9. The van der Waals surface area contributed by atoms with Gasteiger partial charge in [0.05, 0.1) is 20.6 Å². The normalized spacial score (nSPS) is 11.3. The molecule has 0 aliphatic heterocycles. The van der Waals surface area contributed by atoms with Crippen LogP contribution in [-0.4, -0.2) is 32.3 Å². The van der Waals surface area contributed by atoms with Crippen molar-refractivity contribution in [1.29, 1.82) is 0 Å². The Kier molecular flexibility index (Phi) is 6.36. The summed E-state index contributed by atoms with van der Waals surface area (Å²) in [5.41, 5.74) is 0.620. The Morgan fingerprint density at radius 2 is 2.05 bits per heavy atom. The van der Waals surface area contributed by atoms with Gasteiger partial charge < -0.3 is 20.1 Å². The van der Waals surface area contributed by atoms with E-state index in [9.17, 15) is 9.59 Å². The van der Waals surface area contributed by atoms with E-state index >= 15 is 0 Å². The van der Waals surface area contributed by atoms with Crippen LogP contribution in [-0.2, 0) is 9.53 Å². The Morgan fingerprint density at radius 1 is 1.30 bits per heavy atom. The summed E-state index contributed by atoms with van der Waals surface area (Å²) in [7, 11) is 2.88. The van der Waals surface area contributed by atoms with E-state index < -0.39 is 0 Å². The highest BCUT2D eigenvalue weighted by molar-refractivity contribution is 5.90. The molecule has 0 fully saturated rings. The van der Waals surface area contributed by atoms with Gasteiger partial charge in [-0.15, -0.1) is 0 Å². The third-order valence-electron chi connectivity index (χ3n) is 2.80. The standard InChI is InChI=1S/C14H20N2O4/c1-4-10(9-13(17)20-3)15-14(18)16-11-6-5-7-12(8-11)19-2/h5-8,10H,4,9H2,1-3H3,(H2,15,16,18). The molecule has 0 heterocycles. The molecule has 20 heavy (non-hydrogen) atoms. The Labute approximate surface area is 118 Å². The number of rotatable bonds is 6. The molecule has 2 amide bonds. The van der Waals surface area contributed by atoms with E-state index in [0.29, 0.717) is 17.9 Å². The molecule has 1 aromatic rings. The minimum Gasteiger partial charge on any atom is -0.497 e. The van der Waals surface area contributed by atoms with Gasteiger partial charge in [0, 0.05) is 17.8 Å². The molecule has 0 saturated heterocycles. The summed E-state index contributed by atoms with van der Waals surface area (Å²) >= 11 is 0. The van der Waals surface area contributed by atoms with Crippen molar-refractivity contribution in [3.05, 3.63) is 24.3 Å². The lowest BCUT2D eigenvalue weighted by Gasteiger charge is -2.16. The molecule has 110 valence electrons. The Morgan fingerprint density at radius 3 is 2.65 bits per heavy atom.